The summed E-state index contributed by atoms with van der Waals surface area (Å²) in [5.74, 6) is -0.399. The molecule has 0 aliphatic carbocycles. The maximum absolute atomic E-state index is 12.4. The second kappa shape index (κ2) is 9.68. The molecule has 3 rings (SSSR count). The van der Waals surface area contributed by atoms with E-state index in [1.807, 2.05) is 19.0 Å². The molecule has 0 saturated carbocycles. The van der Waals surface area contributed by atoms with Gasteiger partial charge in [-0.05, 0) is 62.6 Å². The van der Waals surface area contributed by atoms with E-state index in [2.05, 4.69) is 5.32 Å². The molecule has 9 nitrogen and oxygen atoms in total. The fourth-order valence-corrected chi connectivity index (χ4v) is 2.65. The number of non-ortho nitro benzene ring substituents is 1. The first-order valence-corrected chi connectivity index (χ1v) is 9.41. The number of anilines is 1. The van der Waals surface area contributed by atoms with Crippen molar-refractivity contribution in [3.05, 3.63) is 82.1 Å². The Kier molecular flexibility index (Phi) is 6.78. The molecule has 0 unspecified atom stereocenters. The Hall–Kier alpha value is -3.98. The number of carbonyl (C=O) groups is 2. The smallest absolute Gasteiger partial charge is 0.338 e. The summed E-state index contributed by atoms with van der Waals surface area (Å²) in [5, 5.41) is 13.4. The molecule has 1 heterocycles. The zero-order valence-corrected chi connectivity index (χ0v) is 17.0. The number of furan rings is 1. The van der Waals surface area contributed by atoms with E-state index >= 15 is 0 Å². The van der Waals surface area contributed by atoms with Crippen molar-refractivity contribution in [3.8, 4) is 11.3 Å². The number of nitro groups is 1. The van der Waals surface area contributed by atoms with Gasteiger partial charge in [-0.25, -0.2) is 4.79 Å². The number of amides is 1. The first-order chi connectivity index (χ1) is 14.8. The van der Waals surface area contributed by atoms with Crippen LogP contribution in [0.25, 0.3) is 11.3 Å². The highest BCUT2D eigenvalue weighted by atomic mass is 16.6. The van der Waals surface area contributed by atoms with Gasteiger partial charge in [0.05, 0.1) is 10.5 Å². The minimum atomic E-state index is -0.487. The quantitative estimate of drug-likeness (QED) is 0.333. The zero-order valence-electron chi connectivity index (χ0n) is 17.0. The number of likely N-dealkylation sites (N-methyl/N-ethyl adjacent to an activating group) is 1. The number of hydrogen-bond donors (Lipinski definition) is 1. The summed E-state index contributed by atoms with van der Waals surface area (Å²) >= 11 is 0. The second-order valence-electron chi connectivity index (χ2n) is 6.94. The van der Waals surface area contributed by atoms with Crippen LogP contribution in [0.2, 0.25) is 0 Å². The number of rotatable bonds is 8. The van der Waals surface area contributed by atoms with Crippen molar-refractivity contribution in [1.29, 1.82) is 0 Å². The second-order valence-corrected chi connectivity index (χ2v) is 6.94. The summed E-state index contributed by atoms with van der Waals surface area (Å²) in [6, 6.07) is 15.3. The molecule has 1 N–H and O–H groups in total. The van der Waals surface area contributed by atoms with Gasteiger partial charge in [0, 0.05) is 29.9 Å². The van der Waals surface area contributed by atoms with Gasteiger partial charge in [-0.3, -0.25) is 14.9 Å². The van der Waals surface area contributed by atoms with Crippen molar-refractivity contribution in [2.24, 2.45) is 0 Å². The normalized spacial score (nSPS) is 10.7. The Morgan fingerprint density at radius 2 is 1.71 bits per heavy atom. The summed E-state index contributed by atoms with van der Waals surface area (Å²) in [4.78, 5) is 36.6. The van der Waals surface area contributed by atoms with Crippen LogP contribution in [0.4, 0.5) is 11.4 Å². The predicted octanol–water partition coefficient (Wildman–Crippen LogP) is 3.83. The van der Waals surface area contributed by atoms with Crippen molar-refractivity contribution in [2.45, 2.75) is 0 Å². The maximum Gasteiger partial charge on any atom is 0.338 e. The topological polar surface area (TPSA) is 115 Å². The number of hydrogen-bond acceptors (Lipinski definition) is 7. The van der Waals surface area contributed by atoms with E-state index in [1.165, 1.54) is 18.2 Å². The standard InChI is InChI=1S/C22H21N3O6/c1-24(2)13-14-30-22(27)16-3-7-17(8-4-16)23-21(26)20-12-11-19(31-20)15-5-9-18(10-6-15)25(28)29/h3-12H,13-14H2,1-2H3,(H,23,26). The van der Waals surface area contributed by atoms with Gasteiger partial charge in [0.15, 0.2) is 5.76 Å². The average Bonchev–Trinajstić information content (AvgIpc) is 3.24. The third-order valence-electron chi connectivity index (χ3n) is 4.34. The van der Waals surface area contributed by atoms with Crippen molar-refractivity contribution < 1.29 is 23.7 Å². The number of nitro benzene ring substituents is 1. The van der Waals surface area contributed by atoms with Crippen LogP contribution in [-0.2, 0) is 4.74 Å². The predicted molar refractivity (Wildman–Crippen MR) is 114 cm³/mol. The lowest BCUT2D eigenvalue weighted by molar-refractivity contribution is -0.384. The molecule has 1 aromatic heterocycles. The van der Waals surface area contributed by atoms with Crippen LogP contribution < -0.4 is 5.32 Å². The molecule has 3 aromatic rings. The largest absolute Gasteiger partial charge is 0.461 e. The number of nitrogens with zero attached hydrogens (tertiary/aromatic N) is 2. The number of nitrogens with one attached hydrogen (secondary N) is 1. The van der Waals surface area contributed by atoms with Gasteiger partial charge in [0.25, 0.3) is 11.6 Å². The molecule has 31 heavy (non-hydrogen) atoms. The monoisotopic (exact) mass is 423 g/mol. The van der Waals surface area contributed by atoms with Gasteiger partial charge in [0.1, 0.15) is 12.4 Å². The number of esters is 1. The molecular formula is C22H21N3O6. The Morgan fingerprint density at radius 3 is 2.32 bits per heavy atom. The summed E-state index contributed by atoms with van der Waals surface area (Å²) < 4.78 is 10.7. The van der Waals surface area contributed by atoms with Crippen LogP contribution >= 0.6 is 0 Å². The van der Waals surface area contributed by atoms with Crippen LogP contribution in [0.3, 0.4) is 0 Å². The molecule has 0 aliphatic rings. The van der Waals surface area contributed by atoms with Crippen LogP contribution in [0.5, 0.6) is 0 Å². The zero-order chi connectivity index (χ0) is 22.4. The van der Waals surface area contributed by atoms with Crippen LogP contribution in [-0.4, -0.2) is 48.9 Å². The molecule has 160 valence electrons. The van der Waals surface area contributed by atoms with E-state index < -0.39 is 16.8 Å². The number of ether oxygens (including phenoxy) is 1. The molecule has 1 amide bonds. The van der Waals surface area contributed by atoms with Gasteiger partial charge in [0.2, 0.25) is 0 Å². The Labute approximate surface area is 178 Å². The molecule has 9 heteroatoms. The SMILES string of the molecule is CN(C)CCOC(=O)c1ccc(NC(=O)c2ccc(-c3ccc([N+](=O)[O-])cc3)o2)cc1. The molecular weight excluding hydrogens is 402 g/mol. The van der Waals surface area contributed by atoms with Crippen LogP contribution in [0, 0.1) is 10.1 Å². The molecule has 0 atom stereocenters. The maximum atomic E-state index is 12.4. The first kappa shape index (κ1) is 21.7. The Balaban J connectivity index is 1.60. The molecule has 0 bridgehead atoms. The molecule has 0 radical (unpaired) electrons. The van der Waals surface area contributed by atoms with Crippen molar-refractivity contribution in [2.75, 3.05) is 32.6 Å². The lowest BCUT2D eigenvalue weighted by Crippen LogP contribution is -2.20. The van der Waals surface area contributed by atoms with Crippen molar-refractivity contribution in [3.63, 3.8) is 0 Å². The van der Waals surface area contributed by atoms with Crippen molar-refractivity contribution in [1.82, 2.24) is 4.90 Å². The lowest BCUT2D eigenvalue weighted by atomic mass is 10.1. The lowest BCUT2D eigenvalue weighted by Gasteiger charge is -2.10. The summed E-state index contributed by atoms with van der Waals surface area (Å²) in [6.07, 6.45) is 0. The highest BCUT2D eigenvalue weighted by Gasteiger charge is 2.14. The number of carbonyl (C=O) groups excluding carboxylic acids is 2. The fraction of sp³-hybridized carbons (Fsp3) is 0.182. The fourth-order valence-electron chi connectivity index (χ4n) is 2.65. The molecule has 2 aromatic carbocycles. The van der Waals surface area contributed by atoms with Gasteiger partial charge in [-0.1, -0.05) is 0 Å². The average molecular weight is 423 g/mol. The summed E-state index contributed by atoms with van der Waals surface area (Å²) in [7, 11) is 3.78. The highest BCUT2D eigenvalue weighted by molar-refractivity contribution is 6.02. The van der Waals surface area contributed by atoms with E-state index in [0.29, 0.717) is 35.7 Å². The third kappa shape index (κ3) is 5.77. The van der Waals surface area contributed by atoms with Crippen LogP contribution in [0.15, 0.2) is 65.1 Å². The van der Waals surface area contributed by atoms with Gasteiger partial charge < -0.3 is 19.4 Å². The highest BCUT2D eigenvalue weighted by Crippen LogP contribution is 2.25. The van der Waals surface area contributed by atoms with E-state index in [1.54, 1.807) is 42.5 Å². The van der Waals surface area contributed by atoms with E-state index in [9.17, 15) is 19.7 Å². The van der Waals surface area contributed by atoms with E-state index in [-0.39, 0.29) is 11.4 Å². The molecule has 0 aliphatic heterocycles. The Bertz CT molecular complexity index is 1070. The molecule has 0 saturated heterocycles. The molecule has 0 fully saturated rings. The third-order valence-corrected chi connectivity index (χ3v) is 4.34. The van der Waals surface area contributed by atoms with E-state index in [4.69, 9.17) is 9.15 Å². The number of benzene rings is 2. The van der Waals surface area contributed by atoms with E-state index in [0.717, 1.165) is 0 Å². The van der Waals surface area contributed by atoms with Crippen molar-refractivity contribution >= 4 is 23.3 Å². The molecule has 0 spiro atoms. The minimum absolute atomic E-state index is 0.0294. The van der Waals surface area contributed by atoms with Gasteiger partial charge >= 0.3 is 5.97 Å². The minimum Gasteiger partial charge on any atom is -0.461 e. The summed E-state index contributed by atoms with van der Waals surface area (Å²) in [6.45, 7) is 0.921. The van der Waals surface area contributed by atoms with Crippen LogP contribution in [0.1, 0.15) is 20.9 Å². The summed E-state index contributed by atoms with van der Waals surface area (Å²) in [5.41, 5.74) is 1.46. The van der Waals surface area contributed by atoms with Gasteiger partial charge in [-0.15, -0.1) is 0 Å². The van der Waals surface area contributed by atoms with Gasteiger partial charge in [-0.2, -0.15) is 0 Å². The Morgan fingerprint density at radius 1 is 1.03 bits per heavy atom. The first-order valence-electron chi connectivity index (χ1n) is 9.41.